The van der Waals surface area contributed by atoms with Crippen LogP contribution in [0.1, 0.15) is 5.56 Å². The molecule has 2 aromatic rings. The molecule has 1 aliphatic heterocycles. The average Bonchev–Trinajstić information content (AvgIpc) is 2.62. The molecule has 1 fully saturated rings. The van der Waals surface area contributed by atoms with Crippen LogP contribution in [0.15, 0.2) is 48.5 Å². The first-order valence-corrected chi connectivity index (χ1v) is 9.78. The number of anilines is 2. The molecule has 2 aromatic carbocycles. The third-order valence-corrected chi connectivity index (χ3v) is 5.27. The first-order chi connectivity index (χ1) is 12.1. The Bertz CT molecular complexity index is 803. The van der Waals surface area contributed by atoms with E-state index in [9.17, 15) is 8.42 Å². The van der Waals surface area contributed by atoms with Crippen molar-refractivity contribution >= 4 is 21.4 Å². The van der Waals surface area contributed by atoms with Crippen LogP contribution >= 0.6 is 0 Å². The summed E-state index contributed by atoms with van der Waals surface area (Å²) in [7, 11) is -2.01. The van der Waals surface area contributed by atoms with Crippen LogP contribution < -0.4 is 14.4 Å². The molecule has 3 rings (SSSR count). The molecule has 0 aromatic heterocycles. The molecule has 7 heteroatoms. The molecule has 0 amide bonds. The van der Waals surface area contributed by atoms with E-state index in [0.717, 1.165) is 24.3 Å². The Balaban J connectivity index is 1.82. The molecule has 0 bridgehead atoms. The van der Waals surface area contributed by atoms with Gasteiger partial charge >= 0.3 is 0 Å². The third kappa shape index (κ3) is 4.64. The van der Waals surface area contributed by atoms with Gasteiger partial charge in [-0.3, -0.25) is 4.72 Å². The van der Waals surface area contributed by atoms with Gasteiger partial charge in [0.1, 0.15) is 5.75 Å². The monoisotopic (exact) mass is 362 g/mol. The van der Waals surface area contributed by atoms with Crippen molar-refractivity contribution in [2.75, 3.05) is 43.0 Å². The van der Waals surface area contributed by atoms with E-state index in [4.69, 9.17) is 9.47 Å². The fourth-order valence-corrected chi connectivity index (χ4v) is 3.99. The summed E-state index contributed by atoms with van der Waals surface area (Å²) in [5.74, 6) is 0.410. The van der Waals surface area contributed by atoms with Crippen LogP contribution in [0.5, 0.6) is 5.75 Å². The SMILES string of the molecule is COc1ccc(N2CCOCC2)cc1NS(=O)(=O)Cc1ccccc1. The van der Waals surface area contributed by atoms with E-state index in [1.165, 1.54) is 7.11 Å². The molecule has 134 valence electrons. The summed E-state index contributed by atoms with van der Waals surface area (Å²) in [6.45, 7) is 2.90. The maximum atomic E-state index is 12.5. The Morgan fingerprint density at radius 2 is 1.84 bits per heavy atom. The number of hydrogen-bond acceptors (Lipinski definition) is 5. The highest BCUT2D eigenvalue weighted by Gasteiger charge is 2.17. The molecule has 0 radical (unpaired) electrons. The lowest BCUT2D eigenvalue weighted by Crippen LogP contribution is -2.36. The van der Waals surface area contributed by atoms with Crippen molar-refractivity contribution < 1.29 is 17.9 Å². The largest absolute Gasteiger partial charge is 0.495 e. The van der Waals surface area contributed by atoms with E-state index < -0.39 is 10.0 Å². The summed E-state index contributed by atoms with van der Waals surface area (Å²) >= 11 is 0. The number of morpholine rings is 1. The number of hydrogen-bond donors (Lipinski definition) is 1. The molecule has 0 spiro atoms. The Hall–Kier alpha value is -2.25. The fourth-order valence-electron chi connectivity index (χ4n) is 2.79. The molecular weight excluding hydrogens is 340 g/mol. The summed E-state index contributed by atoms with van der Waals surface area (Å²) in [4.78, 5) is 2.16. The number of ether oxygens (including phenoxy) is 2. The van der Waals surface area contributed by atoms with Crippen LogP contribution in [0.3, 0.4) is 0 Å². The van der Waals surface area contributed by atoms with Gasteiger partial charge in [-0.05, 0) is 23.8 Å². The van der Waals surface area contributed by atoms with E-state index in [2.05, 4.69) is 9.62 Å². The standard InChI is InChI=1S/C18H22N2O4S/c1-23-18-8-7-16(20-9-11-24-12-10-20)13-17(18)19-25(21,22)14-15-5-3-2-4-6-15/h2-8,13,19H,9-12,14H2,1H3. The summed E-state index contributed by atoms with van der Waals surface area (Å²) in [6, 6.07) is 14.6. The van der Waals surface area contributed by atoms with Gasteiger partial charge in [-0.15, -0.1) is 0 Å². The minimum atomic E-state index is -3.54. The van der Waals surface area contributed by atoms with Gasteiger partial charge in [0.25, 0.3) is 0 Å². The van der Waals surface area contributed by atoms with Crippen molar-refractivity contribution in [2.45, 2.75) is 5.75 Å². The van der Waals surface area contributed by atoms with Crippen LogP contribution in [0.25, 0.3) is 0 Å². The molecule has 1 aliphatic rings. The summed E-state index contributed by atoms with van der Waals surface area (Å²) in [5, 5.41) is 0. The van der Waals surface area contributed by atoms with Crippen molar-refractivity contribution in [3.8, 4) is 5.75 Å². The van der Waals surface area contributed by atoms with Gasteiger partial charge in [0.15, 0.2) is 0 Å². The van der Waals surface area contributed by atoms with E-state index in [1.54, 1.807) is 18.2 Å². The summed E-state index contributed by atoms with van der Waals surface area (Å²) in [5.41, 5.74) is 2.13. The number of rotatable bonds is 6. The highest BCUT2D eigenvalue weighted by atomic mass is 32.2. The van der Waals surface area contributed by atoms with Gasteiger partial charge in [-0.2, -0.15) is 0 Å². The molecule has 1 N–H and O–H groups in total. The Morgan fingerprint density at radius 3 is 2.52 bits per heavy atom. The van der Waals surface area contributed by atoms with Gasteiger partial charge in [-0.25, -0.2) is 8.42 Å². The van der Waals surface area contributed by atoms with Crippen LogP contribution in [0, 0.1) is 0 Å². The number of nitrogens with one attached hydrogen (secondary N) is 1. The van der Waals surface area contributed by atoms with Crippen molar-refractivity contribution in [1.29, 1.82) is 0 Å². The first kappa shape index (κ1) is 17.6. The van der Waals surface area contributed by atoms with Crippen molar-refractivity contribution in [3.05, 3.63) is 54.1 Å². The minimum Gasteiger partial charge on any atom is -0.495 e. The zero-order valence-corrected chi connectivity index (χ0v) is 15.0. The Kier molecular flexibility index (Phi) is 5.45. The van der Waals surface area contributed by atoms with Crippen LogP contribution in [-0.2, 0) is 20.5 Å². The molecule has 0 unspecified atom stereocenters. The van der Waals surface area contributed by atoms with Gasteiger partial charge in [0.05, 0.1) is 31.8 Å². The third-order valence-electron chi connectivity index (χ3n) is 4.02. The molecule has 1 saturated heterocycles. The molecule has 0 atom stereocenters. The summed E-state index contributed by atoms with van der Waals surface area (Å²) < 4.78 is 38.4. The average molecular weight is 362 g/mol. The second-order valence-electron chi connectivity index (χ2n) is 5.83. The predicted octanol–water partition coefficient (Wildman–Crippen LogP) is 2.47. The lowest BCUT2D eigenvalue weighted by atomic mass is 10.2. The molecule has 6 nitrogen and oxygen atoms in total. The van der Waals surface area contributed by atoms with Gasteiger partial charge in [0.2, 0.25) is 10.0 Å². The maximum absolute atomic E-state index is 12.5. The molecule has 25 heavy (non-hydrogen) atoms. The number of benzene rings is 2. The Labute approximate surface area is 148 Å². The number of nitrogens with zero attached hydrogens (tertiary/aromatic N) is 1. The number of sulfonamides is 1. The predicted molar refractivity (Wildman–Crippen MR) is 98.7 cm³/mol. The molecular formula is C18H22N2O4S. The molecule has 0 aliphatic carbocycles. The zero-order valence-electron chi connectivity index (χ0n) is 14.1. The highest BCUT2D eigenvalue weighted by Crippen LogP contribution is 2.31. The van der Waals surface area contributed by atoms with Crippen molar-refractivity contribution in [2.24, 2.45) is 0 Å². The van der Waals surface area contributed by atoms with Crippen LogP contribution in [0.2, 0.25) is 0 Å². The van der Waals surface area contributed by atoms with E-state index in [-0.39, 0.29) is 5.75 Å². The summed E-state index contributed by atoms with van der Waals surface area (Å²) in [6.07, 6.45) is 0. The normalized spacial score (nSPS) is 15.0. The van der Waals surface area contributed by atoms with E-state index in [1.807, 2.05) is 30.3 Å². The minimum absolute atomic E-state index is 0.0845. The molecule has 1 heterocycles. The van der Waals surface area contributed by atoms with Crippen molar-refractivity contribution in [1.82, 2.24) is 0 Å². The Morgan fingerprint density at radius 1 is 1.12 bits per heavy atom. The van der Waals surface area contributed by atoms with Gasteiger partial charge in [-0.1, -0.05) is 30.3 Å². The van der Waals surface area contributed by atoms with Gasteiger partial charge < -0.3 is 14.4 Å². The van der Waals surface area contributed by atoms with Gasteiger partial charge in [0, 0.05) is 18.8 Å². The lowest BCUT2D eigenvalue weighted by molar-refractivity contribution is 0.122. The van der Waals surface area contributed by atoms with Crippen LogP contribution in [-0.4, -0.2) is 41.8 Å². The lowest BCUT2D eigenvalue weighted by Gasteiger charge is -2.29. The maximum Gasteiger partial charge on any atom is 0.237 e. The zero-order chi connectivity index (χ0) is 17.7. The highest BCUT2D eigenvalue weighted by molar-refractivity contribution is 7.91. The topological polar surface area (TPSA) is 67.9 Å². The van der Waals surface area contributed by atoms with E-state index in [0.29, 0.717) is 24.7 Å². The smallest absolute Gasteiger partial charge is 0.237 e. The van der Waals surface area contributed by atoms with Crippen LogP contribution in [0.4, 0.5) is 11.4 Å². The first-order valence-electron chi connectivity index (χ1n) is 8.12. The second kappa shape index (κ2) is 7.76. The second-order valence-corrected chi connectivity index (χ2v) is 7.55. The fraction of sp³-hybridized carbons (Fsp3) is 0.333. The van der Waals surface area contributed by atoms with Crippen molar-refractivity contribution in [3.63, 3.8) is 0 Å². The molecule has 0 saturated carbocycles. The quantitative estimate of drug-likeness (QED) is 0.855. The number of methoxy groups -OCH3 is 1. The van der Waals surface area contributed by atoms with E-state index >= 15 is 0 Å².